The molecule has 16 heteroatoms. The fourth-order valence-corrected chi connectivity index (χ4v) is 7.19. The normalized spacial score (nSPS) is 15.3. The first kappa shape index (κ1) is 50.9. The summed E-state index contributed by atoms with van der Waals surface area (Å²) >= 11 is 0. The molecule has 0 saturated heterocycles. The summed E-state index contributed by atoms with van der Waals surface area (Å²) in [6.07, 6.45) is -1.32. The van der Waals surface area contributed by atoms with Crippen LogP contribution in [0.3, 0.4) is 0 Å². The molecular weight excluding hydrogens is 847 g/mol. The van der Waals surface area contributed by atoms with E-state index in [4.69, 9.17) is 19.4 Å². The third kappa shape index (κ3) is 10.2. The zero-order valence-electron chi connectivity index (χ0n) is 41.8. The van der Waals surface area contributed by atoms with Gasteiger partial charge in [0.25, 0.3) is 11.8 Å². The zero-order valence-corrected chi connectivity index (χ0v) is 41.8. The Kier molecular flexibility index (Phi) is 13.6. The lowest BCUT2D eigenvalue weighted by Crippen LogP contribution is -2.58. The Labute approximate surface area is 387 Å². The van der Waals surface area contributed by atoms with Gasteiger partial charge in [-0.05, 0) is 47.9 Å². The number of fused-ring (bicyclic) bond motifs is 2. The van der Waals surface area contributed by atoms with E-state index in [2.05, 4.69) is 20.6 Å². The first-order valence-corrected chi connectivity index (χ1v) is 22.0. The molecule has 0 saturated carbocycles. The molecule has 2 aromatic heterocycles. The fourth-order valence-electron chi connectivity index (χ4n) is 7.19. The number of benzene rings is 3. The average molecular weight is 915 g/mol. The highest BCUT2D eigenvalue weighted by molar-refractivity contribution is 5.90. The van der Waals surface area contributed by atoms with Crippen LogP contribution in [0.15, 0.2) is 48.5 Å². The maximum Gasteiger partial charge on any atom is 0.410 e. The number of ether oxygens (including phenoxy) is 2. The number of nitrogens with zero attached hydrogens (tertiary/aromatic N) is 4. The topological polar surface area (TPSA) is 175 Å². The van der Waals surface area contributed by atoms with E-state index in [-0.39, 0.29) is 11.1 Å². The highest BCUT2D eigenvalue weighted by Crippen LogP contribution is 2.41. The molecule has 0 aliphatic heterocycles. The van der Waals surface area contributed by atoms with Crippen molar-refractivity contribution in [2.45, 2.75) is 120 Å². The van der Waals surface area contributed by atoms with Gasteiger partial charge in [0.1, 0.15) is 23.3 Å². The summed E-state index contributed by atoms with van der Waals surface area (Å²) in [4.78, 5) is 72.1. The predicted molar refractivity (Wildman–Crippen MR) is 253 cm³/mol. The fraction of sp³-hybridized carbons (Fsp3) is 0.520. The van der Waals surface area contributed by atoms with Crippen LogP contribution in [0.5, 0.6) is 0 Å². The van der Waals surface area contributed by atoms with Crippen molar-refractivity contribution in [3.63, 3.8) is 0 Å². The van der Waals surface area contributed by atoms with Crippen molar-refractivity contribution in [3.8, 4) is 22.3 Å². The van der Waals surface area contributed by atoms with Crippen LogP contribution >= 0.6 is 0 Å². The van der Waals surface area contributed by atoms with Gasteiger partial charge in [-0.1, -0.05) is 107 Å². The Morgan fingerprint density at radius 1 is 0.545 bits per heavy atom. The monoisotopic (exact) mass is 915 g/mol. The van der Waals surface area contributed by atoms with Crippen LogP contribution in [0.4, 0.5) is 18.4 Å². The molecule has 0 fully saturated rings. The van der Waals surface area contributed by atoms with E-state index >= 15 is 8.78 Å². The molecule has 0 aliphatic rings. The highest BCUT2D eigenvalue weighted by Gasteiger charge is 2.51. The summed E-state index contributed by atoms with van der Waals surface area (Å²) in [5.74, 6) is -1.27. The first-order valence-electron chi connectivity index (χ1n) is 22.0. The number of amides is 4. The van der Waals surface area contributed by atoms with Gasteiger partial charge in [0.05, 0.1) is 34.2 Å². The lowest BCUT2D eigenvalue weighted by atomic mass is 9.76. The highest BCUT2D eigenvalue weighted by atomic mass is 19.1. The smallest absolute Gasteiger partial charge is 0.410 e. The van der Waals surface area contributed by atoms with Gasteiger partial charge in [-0.3, -0.25) is 9.59 Å². The number of halogens is 2. The SMILES string of the molecule is CN(C)C(=O)O[C@@](C)(C(=O)NC(c1nc2cc(-c3ccc(-c4cc5nc([C@@H](NC(=O)[C@](C)(OC(=O)N(C)C)C(C)(C)C)C(C)(C)C)[nH]c5cc4F)cc3)c(F)cc2[nH]1)C(C)(C)C)C(C)(C)C. The van der Waals surface area contributed by atoms with Crippen molar-refractivity contribution in [3.05, 3.63) is 71.8 Å². The summed E-state index contributed by atoms with van der Waals surface area (Å²) in [5.41, 5.74) is -2.51. The number of aromatic nitrogens is 4. The molecule has 2 heterocycles. The van der Waals surface area contributed by atoms with Gasteiger partial charge < -0.3 is 39.9 Å². The predicted octanol–water partition coefficient (Wildman–Crippen LogP) is 10.5. The largest absolute Gasteiger partial charge is 0.432 e. The minimum Gasteiger partial charge on any atom is -0.432 e. The van der Waals surface area contributed by atoms with Crippen molar-refractivity contribution in [2.24, 2.45) is 21.7 Å². The number of aromatic amines is 2. The van der Waals surface area contributed by atoms with Crippen LogP contribution in [0.25, 0.3) is 44.3 Å². The molecule has 0 radical (unpaired) electrons. The van der Waals surface area contributed by atoms with Gasteiger partial charge in [0.2, 0.25) is 0 Å². The van der Waals surface area contributed by atoms with E-state index in [9.17, 15) is 19.2 Å². The van der Waals surface area contributed by atoms with E-state index in [1.807, 2.05) is 83.1 Å². The van der Waals surface area contributed by atoms with Crippen LogP contribution < -0.4 is 10.6 Å². The summed E-state index contributed by atoms with van der Waals surface area (Å²) in [6, 6.07) is 11.4. The van der Waals surface area contributed by atoms with Crippen molar-refractivity contribution in [1.82, 2.24) is 40.4 Å². The summed E-state index contributed by atoms with van der Waals surface area (Å²) in [7, 11) is 6.18. The minimum atomic E-state index is -1.55. The van der Waals surface area contributed by atoms with Gasteiger partial charge in [-0.2, -0.15) is 0 Å². The molecule has 0 spiro atoms. The zero-order chi connectivity index (χ0) is 49.9. The molecule has 0 aliphatic carbocycles. The van der Waals surface area contributed by atoms with Crippen molar-refractivity contribution >= 4 is 46.1 Å². The molecule has 66 heavy (non-hydrogen) atoms. The summed E-state index contributed by atoms with van der Waals surface area (Å²) < 4.78 is 43.5. The van der Waals surface area contributed by atoms with Crippen molar-refractivity contribution in [2.75, 3.05) is 28.2 Å². The number of carbonyl (C=O) groups excluding carboxylic acids is 4. The Morgan fingerprint density at radius 2 is 0.848 bits per heavy atom. The van der Waals surface area contributed by atoms with Crippen LogP contribution in [-0.2, 0) is 19.1 Å². The quantitative estimate of drug-likeness (QED) is 0.107. The second-order valence-electron chi connectivity index (χ2n) is 22.2. The number of imidazole rings is 2. The van der Waals surface area contributed by atoms with Gasteiger partial charge >= 0.3 is 12.2 Å². The van der Waals surface area contributed by atoms with Gasteiger partial charge in [0.15, 0.2) is 11.2 Å². The van der Waals surface area contributed by atoms with Crippen LogP contribution in [-0.4, -0.2) is 93.1 Å². The second-order valence-corrected chi connectivity index (χ2v) is 22.2. The Balaban J connectivity index is 1.45. The molecular formula is C50H68F2N8O6. The molecule has 5 rings (SSSR count). The lowest BCUT2D eigenvalue weighted by Gasteiger charge is -2.42. The maximum atomic E-state index is 15.9. The van der Waals surface area contributed by atoms with E-state index in [0.29, 0.717) is 44.8 Å². The lowest BCUT2D eigenvalue weighted by molar-refractivity contribution is -0.153. The average Bonchev–Trinajstić information content (AvgIpc) is 3.78. The van der Waals surface area contributed by atoms with Gasteiger partial charge in [-0.25, -0.2) is 28.3 Å². The summed E-state index contributed by atoms with van der Waals surface area (Å²) in [5, 5.41) is 6.14. The molecule has 5 aromatic rings. The van der Waals surface area contributed by atoms with Crippen LogP contribution in [0.2, 0.25) is 0 Å². The Bertz CT molecular complexity index is 2460. The number of nitrogens with one attached hydrogen (secondary N) is 4. The molecule has 4 amide bonds. The van der Waals surface area contributed by atoms with Gasteiger partial charge in [0, 0.05) is 62.3 Å². The van der Waals surface area contributed by atoms with Crippen molar-refractivity contribution < 1.29 is 37.4 Å². The van der Waals surface area contributed by atoms with E-state index in [1.54, 1.807) is 78.4 Å². The molecule has 4 atom stereocenters. The first-order chi connectivity index (χ1) is 30.1. The van der Waals surface area contributed by atoms with Crippen LogP contribution in [0, 0.1) is 33.3 Å². The third-order valence-corrected chi connectivity index (χ3v) is 12.6. The molecule has 358 valence electrons. The summed E-state index contributed by atoms with van der Waals surface area (Å²) in [6.45, 7) is 25.7. The molecule has 3 aromatic carbocycles. The minimum absolute atomic E-state index is 0.265. The Hall–Kier alpha value is -6.06. The van der Waals surface area contributed by atoms with E-state index < -0.39 is 80.6 Å². The number of hydrogen-bond donors (Lipinski definition) is 4. The molecule has 0 bridgehead atoms. The standard InChI is InChI=1S/C50H68F2N8O6/c1-45(2,3)37(57-41(61)49(13,47(7,8)9)65-43(63)59(15)16)39-53-33-23-29(31(51)25-35(33)55-39)27-19-21-28(22-20-27)30-24-34-36(26-32(30)52)56-40(54-34)38(46(4,5)6)58-42(62)50(14,48(10,11)12)66-44(64)60(17)18/h19-26,37-38H,1-18H3,(H,53,55)(H,54,56)(H,57,61)(H,58,62)/t37-,38?,49+,50+/m1/s1. The van der Waals surface area contributed by atoms with Crippen molar-refractivity contribution in [1.29, 1.82) is 0 Å². The number of carbonyl (C=O) groups is 4. The van der Waals surface area contributed by atoms with E-state index in [0.717, 1.165) is 0 Å². The molecule has 14 nitrogen and oxygen atoms in total. The maximum absolute atomic E-state index is 15.9. The van der Waals surface area contributed by atoms with E-state index in [1.165, 1.54) is 21.9 Å². The van der Waals surface area contributed by atoms with Gasteiger partial charge in [-0.15, -0.1) is 0 Å². The number of H-pyrrole nitrogens is 2. The third-order valence-electron chi connectivity index (χ3n) is 12.6. The second kappa shape index (κ2) is 17.6. The number of hydrogen-bond acceptors (Lipinski definition) is 8. The number of rotatable bonds is 10. The Morgan fingerprint density at radius 3 is 1.11 bits per heavy atom. The van der Waals surface area contributed by atoms with Crippen LogP contribution in [0.1, 0.15) is 121 Å². The molecule has 1 unspecified atom stereocenters. The molecule has 4 N–H and O–H groups in total.